The lowest BCUT2D eigenvalue weighted by atomic mass is 9.90. The highest BCUT2D eigenvalue weighted by Crippen LogP contribution is 2.21. The van der Waals surface area contributed by atoms with Crippen molar-refractivity contribution in [2.45, 2.75) is 45.8 Å². The van der Waals surface area contributed by atoms with Crippen molar-refractivity contribution in [2.75, 3.05) is 0 Å². The third-order valence-corrected chi connectivity index (χ3v) is 3.99. The number of hydrogen-bond donors (Lipinski definition) is 2. The van der Waals surface area contributed by atoms with Gasteiger partial charge in [0.15, 0.2) is 0 Å². The molecule has 0 unspecified atom stereocenters. The van der Waals surface area contributed by atoms with Gasteiger partial charge in [0.2, 0.25) is 0 Å². The largest absolute Gasteiger partial charge is 0.387 e. The average Bonchev–Trinajstić information content (AvgIpc) is 2.52. The molecule has 2 aromatic rings. The Balaban J connectivity index is 0.000000221. The molecule has 2 N–H and O–H groups in total. The fourth-order valence-corrected chi connectivity index (χ4v) is 1.77. The zero-order valence-corrected chi connectivity index (χ0v) is 14.5. The molecule has 112 valence electrons. The SMILES string of the molecule is CC(C)(O)C(C)(C)O.Cc1nn(C)c2ccc(Br)cc12. The monoisotopic (exact) mass is 342 g/mol. The van der Waals surface area contributed by atoms with Crippen LogP contribution in [0, 0.1) is 6.92 Å². The number of aliphatic hydroxyl groups is 2. The van der Waals surface area contributed by atoms with Crippen molar-refractivity contribution >= 4 is 26.8 Å². The van der Waals surface area contributed by atoms with Gasteiger partial charge in [-0.15, -0.1) is 0 Å². The van der Waals surface area contributed by atoms with E-state index in [-0.39, 0.29) is 0 Å². The van der Waals surface area contributed by atoms with Gasteiger partial charge in [-0.3, -0.25) is 4.68 Å². The number of rotatable bonds is 1. The number of fused-ring (bicyclic) bond motifs is 1. The Kier molecular flexibility index (Phi) is 5.00. The molecule has 0 aliphatic carbocycles. The molecule has 0 aliphatic heterocycles. The van der Waals surface area contributed by atoms with Crippen LogP contribution in [0.2, 0.25) is 0 Å². The van der Waals surface area contributed by atoms with Crippen LogP contribution in [0.25, 0.3) is 10.9 Å². The molecular formula is C15H23BrN2O2. The van der Waals surface area contributed by atoms with Crippen LogP contribution >= 0.6 is 15.9 Å². The van der Waals surface area contributed by atoms with Gasteiger partial charge >= 0.3 is 0 Å². The summed E-state index contributed by atoms with van der Waals surface area (Å²) in [5.41, 5.74) is 0.240. The third-order valence-electron chi connectivity index (χ3n) is 3.49. The van der Waals surface area contributed by atoms with Gasteiger partial charge in [0.1, 0.15) is 0 Å². The lowest BCUT2D eigenvalue weighted by molar-refractivity contribution is -0.107. The first-order chi connectivity index (χ1) is 8.93. The van der Waals surface area contributed by atoms with E-state index in [1.54, 1.807) is 27.7 Å². The van der Waals surface area contributed by atoms with Crippen LogP contribution in [0.1, 0.15) is 33.4 Å². The molecule has 0 aliphatic rings. The number of aryl methyl sites for hydroxylation is 2. The highest BCUT2D eigenvalue weighted by atomic mass is 79.9. The van der Waals surface area contributed by atoms with Gasteiger partial charge in [0.25, 0.3) is 0 Å². The molecular weight excluding hydrogens is 320 g/mol. The lowest BCUT2D eigenvalue weighted by Gasteiger charge is -2.31. The Bertz CT molecular complexity index is 580. The minimum absolute atomic E-state index is 1.01. The van der Waals surface area contributed by atoms with Crippen molar-refractivity contribution in [2.24, 2.45) is 7.05 Å². The van der Waals surface area contributed by atoms with E-state index in [0.717, 1.165) is 10.2 Å². The fraction of sp³-hybridized carbons (Fsp3) is 0.533. The topological polar surface area (TPSA) is 58.3 Å². The number of benzene rings is 1. The van der Waals surface area contributed by atoms with Crippen LogP contribution in [0.5, 0.6) is 0 Å². The van der Waals surface area contributed by atoms with E-state index < -0.39 is 11.2 Å². The first-order valence-electron chi connectivity index (χ1n) is 6.47. The molecule has 4 nitrogen and oxygen atoms in total. The van der Waals surface area contributed by atoms with E-state index in [1.165, 1.54) is 10.9 Å². The summed E-state index contributed by atoms with van der Waals surface area (Å²) in [7, 11) is 1.96. The van der Waals surface area contributed by atoms with E-state index in [0.29, 0.717) is 0 Å². The van der Waals surface area contributed by atoms with Crippen LogP contribution in [-0.4, -0.2) is 31.2 Å². The number of nitrogens with zero attached hydrogens (tertiary/aromatic N) is 2. The molecule has 0 amide bonds. The molecule has 0 saturated heterocycles. The predicted molar refractivity (Wildman–Crippen MR) is 85.7 cm³/mol. The molecule has 0 bridgehead atoms. The van der Waals surface area contributed by atoms with Gasteiger partial charge in [-0.05, 0) is 52.8 Å². The summed E-state index contributed by atoms with van der Waals surface area (Å²) in [5, 5.41) is 23.8. The molecule has 1 heterocycles. The zero-order chi connectivity index (χ0) is 15.7. The molecule has 2 rings (SSSR count). The Morgan fingerprint density at radius 2 is 1.60 bits per heavy atom. The van der Waals surface area contributed by atoms with Gasteiger partial charge in [-0.1, -0.05) is 15.9 Å². The van der Waals surface area contributed by atoms with Gasteiger partial charge in [-0.25, -0.2) is 0 Å². The Morgan fingerprint density at radius 3 is 2.05 bits per heavy atom. The minimum atomic E-state index is -1.01. The predicted octanol–water partition coefficient (Wildman–Crippen LogP) is 3.17. The first kappa shape index (κ1) is 17.1. The summed E-state index contributed by atoms with van der Waals surface area (Å²) in [6.45, 7) is 8.33. The summed E-state index contributed by atoms with van der Waals surface area (Å²) in [4.78, 5) is 0. The van der Waals surface area contributed by atoms with Crippen molar-refractivity contribution in [1.29, 1.82) is 0 Å². The second-order valence-corrected chi connectivity index (χ2v) is 6.90. The average molecular weight is 343 g/mol. The normalized spacial score (nSPS) is 12.2. The fourth-order valence-electron chi connectivity index (χ4n) is 1.41. The number of aromatic nitrogens is 2. The maximum Gasteiger partial charge on any atom is 0.0872 e. The molecule has 0 spiro atoms. The molecule has 20 heavy (non-hydrogen) atoms. The maximum atomic E-state index is 9.10. The lowest BCUT2D eigenvalue weighted by Crippen LogP contribution is -2.44. The molecule has 0 saturated carbocycles. The Labute approximate surface area is 128 Å². The molecule has 0 radical (unpaired) electrons. The van der Waals surface area contributed by atoms with E-state index in [2.05, 4.69) is 33.2 Å². The Hall–Kier alpha value is -0.910. The minimum Gasteiger partial charge on any atom is -0.387 e. The van der Waals surface area contributed by atoms with Gasteiger partial charge in [0, 0.05) is 16.9 Å². The van der Waals surface area contributed by atoms with E-state index in [9.17, 15) is 0 Å². The second kappa shape index (κ2) is 5.84. The van der Waals surface area contributed by atoms with Crippen LogP contribution in [-0.2, 0) is 7.05 Å². The zero-order valence-electron chi connectivity index (χ0n) is 12.9. The molecule has 0 fully saturated rings. The van der Waals surface area contributed by atoms with Crippen molar-refractivity contribution in [3.05, 3.63) is 28.4 Å². The summed E-state index contributed by atoms with van der Waals surface area (Å²) in [5.74, 6) is 0. The summed E-state index contributed by atoms with van der Waals surface area (Å²) < 4.78 is 3.00. The summed E-state index contributed by atoms with van der Waals surface area (Å²) in [6, 6.07) is 6.19. The van der Waals surface area contributed by atoms with E-state index in [4.69, 9.17) is 10.2 Å². The highest BCUT2D eigenvalue weighted by molar-refractivity contribution is 9.10. The molecule has 0 atom stereocenters. The Morgan fingerprint density at radius 1 is 1.10 bits per heavy atom. The van der Waals surface area contributed by atoms with Crippen molar-refractivity contribution in [3.63, 3.8) is 0 Å². The van der Waals surface area contributed by atoms with Crippen molar-refractivity contribution in [1.82, 2.24) is 9.78 Å². The number of halogens is 1. The van der Waals surface area contributed by atoms with Crippen LogP contribution in [0.15, 0.2) is 22.7 Å². The van der Waals surface area contributed by atoms with Crippen molar-refractivity contribution < 1.29 is 10.2 Å². The smallest absolute Gasteiger partial charge is 0.0872 e. The first-order valence-corrected chi connectivity index (χ1v) is 7.26. The van der Waals surface area contributed by atoms with Crippen LogP contribution in [0.4, 0.5) is 0 Å². The molecule has 5 heteroatoms. The summed E-state index contributed by atoms with van der Waals surface area (Å²) >= 11 is 3.44. The van der Waals surface area contributed by atoms with Gasteiger partial charge < -0.3 is 10.2 Å². The second-order valence-electron chi connectivity index (χ2n) is 5.99. The molecule has 1 aromatic heterocycles. The highest BCUT2D eigenvalue weighted by Gasteiger charge is 2.31. The quantitative estimate of drug-likeness (QED) is 0.836. The summed E-state index contributed by atoms with van der Waals surface area (Å²) in [6.07, 6.45) is 0. The number of hydrogen-bond acceptors (Lipinski definition) is 3. The molecule has 1 aromatic carbocycles. The van der Waals surface area contributed by atoms with E-state index in [1.807, 2.05) is 24.7 Å². The van der Waals surface area contributed by atoms with Crippen LogP contribution < -0.4 is 0 Å². The maximum absolute atomic E-state index is 9.10. The van der Waals surface area contributed by atoms with E-state index >= 15 is 0 Å². The van der Waals surface area contributed by atoms with Gasteiger partial charge in [0.05, 0.1) is 22.4 Å². The third kappa shape index (κ3) is 4.04. The van der Waals surface area contributed by atoms with Crippen LogP contribution in [0.3, 0.4) is 0 Å². The van der Waals surface area contributed by atoms with Gasteiger partial charge in [-0.2, -0.15) is 5.10 Å². The standard InChI is InChI=1S/C9H9BrN2.C6H14O2/c1-6-8-5-7(10)3-4-9(8)12(2)11-6;1-5(2,7)6(3,4)8/h3-5H,1-2H3;7-8H,1-4H3. The van der Waals surface area contributed by atoms with Crippen molar-refractivity contribution in [3.8, 4) is 0 Å².